The third-order valence-electron chi connectivity index (χ3n) is 6.48. The Labute approximate surface area is 200 Å². The van der Waals surface area contributed by atoms with Gasteiger partial charge in [-0.1, -0.05) is 0 Å². The first-order valence-electron chi connectivity index (χ1n) is 11.3. The van der Waals surface area contributed by atoms with Crippen LogP contribution in [0.15, 0.2) is 24.5 Å². The number of likely N-dealkylation sites (N-methyl/N-ethyl adjacent to an activating group) is 1. The highest BCUT2D eigenvalue weighted by atomic mass is 19.2. The van der Waals surface area contributed by atoms with Crippen LogP contribution in [0.25, 0.3) is 21.9 Å². The van der Waals surface area contributed by atoms with Crippen molar-refractivity contribution in [3.63, 3.8) is 0 Å². The highest BCUT2D eigenvalue weighted by Gasteiger charge is 2.41. The summed E-state index contributed by atoms with van der Waals surface area (Å²) in [5.74, 6) is -1.96. The van der Waals surface area contributed by atoms with Crippen molar-refractivity contribution < 1.29 is 23.0 Å². The molecule has 1 aromatic carbocycles. The number of pyridine rings is 2. The molecule has 0 spiro atoms. The van der Waals surface area contributed by atoms with Gasteiger partial charge in [-0.25, -0.2) is 19.2 Å². The van der Waals surface area contributed by atoms with E-state index in [-0.39, 0.29) is 30.0 Å². The van der Waals surface area contributed by atoms with Crippen LogP contribution in [0.5, 0.6) is 5.88 Å². The molecular formula is C24H26F2N6O3. The van der Waals surface area contributed by atoms with Gasteiger partial charge in [0.15, 0.2) is 5.82 Å². The van der Waals surface area contributed by atoms with Crippen molar-refractivity contribution in [2.45, 2.75) is 19.2 Å². The van der Waals surface area contributed by atoms with E-state index in [2.05, 4.69) is 15.3 Å². The van der Waals surface area contributed by atoms with Gasteiger partial charge in [0.1, 0.15) is 18.1 Å². The molecule has 1 atom stereocenters. The first kappa shape index (κ1) is 23.0. The third kappa shape index (κ3) is 4.05. The number of nitrogens with one attached hydrogen (secondary N) is 1. The molecule has 4 heterocycles. The van der Waals surface area contributed by atoms with E-state index < -0.39 is 17.8 Å². The Morgan fingerprint density at radius 2 is 2.11 bits per heavy atom. The second-order valence-corrected chi connectivity index (χ2v) is 8.97. The maximum Gasteiger partial charge on any atom is 0.418 e. The Morgan fingerprint density at radius 3 is 2.86 bits per heavy atom. The molecular weight excluding hydrogens is 458 g/mol. The molecule has 2 aromatic heterocycles. The van der Waals surface area contributed by atoms with Gasteiger partial charge in [-0.2, -0.15) is 4.39 Å². The summed E-state index contributed by atoms with van der Waals surface area (Å²) >= 11 is 0. The minimum absolute atomic E-state index is 0.00492. The van der Waals surface area contributed by atoms with Crippen LogP contribution in [-0.4, -0.2) is 67.2 Å². The fourth-order valence-corrected chi connectivity index (χ4v) is 4.48. The van der Waals surface area contributed by atoms with E-state index in [0.717, 1.165) is 10.5 Å². The number of hydrogen-bond donors (Lipinski definition) is 2. The Balaban J connectivity index is 1.51. The van der Waals surface area contributed by atoms with Crippen LogP contribution < -0.4 is 20.7 Å². The molecule has 0 unspecified atom stereocenters. The number of carbonyl (C=O) groups excluding carboxylic acids is 1. The predicted molar refractivity (Wildman–Crippen MR) is 129 cm³/mol. The van der Waals surface area contributed by atoms with Gasteiger partial charge in [0, 0.05) is 55.5 Å². The number of nitrogens with zero attached hydrogens (tertiary/aromatic N) is 4. The fraction of sp³-hybridized carbons (Fsp3) is 0.375. The van der Waals surface area contributed by atoms with E-state index in [1.807, 2.05) is 6.92 Å². The number of likely N-dealkylation sites (tertiary alicyclic amines) is 1. The monoisotopic (exact) mass is 484 g/mol. The van der Waals surface area contributed by atoms with Crippen LogP contribution in [0.3, 0.4) is 0 Å². The summed E-state index contributed by atoms with van der Waals surface area (Å²) in [5, 5.41) is 4.19. The van der Waals surface area contributed by atoms with Crippen molar-refractivity contribution in [2.75, 3.05) is 56.3 Å². The number of hydrogen-bond acceptors (Lipinski definition) is 8. The van der Waals surface area contributed by atoms with E-state index in [0.29, 0.717) is 47.6 Å². The molecule has 184 valence electrons. The van der Waals surface area contributed by atoms with Gasteiger partial charge >= 0.3 is 6.09 Å². The molecule has 11 heteroatoms. The van der Waals surface area contributed by atoms with Crippen LogP contribution in [0, 0.1) is 12.7 Å². The standard InChI is InChI=1S/C24H26F2N6O3/c1-13-16(10-30-22-21(13)28-5-7-34-22)15-8-14-9-18(29-11-17(14)20(27)19(15)25)32(3)23(33)35-24(26)4-6-31(2)12-24/h8-11,28H,4-7,12,27H2,1-3H3/t24-/m1/s1. The molecule has 2 aliphatic rings. The molecule has 5 rings (SSSR count). The Bertz CT molecular complexity index is 1340. The number of halogens is 2. The molecule has 35 heavy (non-hydrogen) atoms. The molecule has 3 N–H and O–H groups in total. The zero-order valence-electron chi connectivity index (χ0n) is 19.7. The lowest BCUT2D eigenvalue weighted by Crippen LogP contribution is -2.38. The molecule has 1 amide bonds. The van der Waals surface area contributed by atoms with E-state index >= 15 is 4.39 Å². The van der Waals surface area contributed by atoms with E-state index in [9.17, 15) is 9.18 Å². The summed E-state index contributed by atoms with van der Waals surface area (Å²) in [4.78, 5) is 24.0. The predicted octanol–water partition coefficient (Wildman–Crippen LogP) is 3.70. The topological polar surface area (TPSA) is 106 Å². The molecule has 0 aliphatic carbocycles. The maximum atomic E-state index is 15.4. The fourth-order valence-electron chi connectivity index (χ4n) is 4.48. The van der Waals surface area contributed by atoms with Gasteiger partial charge in [-0.15, -0.1) is 0 Å². The number of alkyl halides is 1. The van der Waals surface area contributed by atoms with E-state index in [4.69, 9.17) is 15.2 Å². The summed E-state index contributed by atoms with van der Waals surface area (Å²) in [6, 6.07) is 3.22. The summed E-state index contributed by atoms with van der Waals surface area (Å²) in [6.45, 7) is 3.47. The van der Waals surface area contributed by atoms with Crippen molar-refractivity contribution >= 4 is 34.1 Å². The molecule has 9 nitrogen and oxygen atoms in total. The average Bonchev–Trinajstić information content (AvgIpc) is 3.19. The molecule has 0 radical (unpaired) electrons. The number of benzene rings is 1. The van der Waals surface area contributed by atoms with Crippen molar-refractivity contribution in [1.29, 1.82) is 0 Å². The van der Waals surface area contributed by atoms with Crippen LogP contribution in [-0.2, 0) is 4.74 Å². The quantitative estimate of drug-likeness (QED) is 0.542. The number of rotatable bonds is 3. The molecule has 1 saturated heterocycles. The molecule has 0 saturated carbocycles. The van der Waals surface area contributed by atoms with Gasteiger partial charge in [0.05, 0.1) is 12.2 Å². The summed E-state index contributed by atoms with van der Waals surface area (Å²) < 4.78 is 40.9. The first-order valence-corrected chi connectivity index (χ1v) is 11.3. The molecule has 1 fully saturated rings. The molecule has 2 aliphatic heterocycles. The lowest BCUT2D eigenvalue weighted by molar-refractivity contribution is -0.0805. The first-order chi connectivity index (χ1) is 16.7. The molecule has 0 bridgehead atoms. The second-order valence-electron chi connectivity index (χ2n) is 8.97. The zero-order chi connectivity index (χ0) is 24.9. The maximum absolute atomic E-state index is 15.4. The summed E-state index contributed by atoms with van der Waals surface area (Å²) in [5.41, 5.74) is 8.37. The van der Waals surface area contributed by atoms with Crippen molar-refractivity contribution in [2.24, 2.45) is 0 Å². The Kier molecular flexibility index (Phi) is 5.59. The minimum atomic E-state index is -2.05. The second kappa shape index (κ2) is 8.49. The smallest absolute Gasteiger partial charge is 0.418 e. The Hall–Kier alpha value is -3.73. The van der Waals surface area contributed by atoms with Crippen LogP contribution in [0.2, 0.25) is 0 Å². The van der Waals surface area contributed by atoms with Crippen LogP contribution >= 0.6 is 0 Å². The van der Waals surface area contributed by atoms with Gasteiger partial charge < -0.3 is 20.5 Å². The zero-order valence-corrected chi connectivity index (χ0v) is 19.7. The number of ether oxygens (including phenoxy) is 2. The third-order valence-corrected chi connectivity index (χ3v) is 6.48. The SMILES string of the molecule is Cc1c(-c2cc3cc(N(C)C(=O)O[C@]4(F)CCN(C)C4)ncc3c(N)c2F)cnc2c1NCCO2. The highest BCUT2D eigenvalue weighted by Crippen LogP contribution is 2.40. The number of anilines is 3. The lowest BCUT2D eigenvalue weighted by Gasteiger charge is -2.24. The van der Waals surface area contributed by atoms with Gasteiger partial charge in [0.25, 0.3) is 5.85 Å². The number of fused-ring (bicyclic) bond motifs is 2. The summed E-state index contributed by atoms with van der Waals surface area (Å²) in [6.07, 6.45) is 2.17. The number of carbonyl (C=O) groups is 1. The van der Waals surface area contributed by atoms with E-state index in [1.54, 1.807) is 30.3 Å². The Morgan fingerprint density at radius 1 is 1.31 bits per heavy atom. The lowest BCUT2D eigenvalue weighted by atomic mass is 9.97. The van der Waals surface area contributed by atoms with Crippen LogP contribution in [0.1, 0.15) is 12.0 Å². The van der Waals surface area contributed by atoms with Gasteiger partial charge in [0.2, 0.25) is 5.88 Å². The minimum Gasteiger partial charge on any atom is -0.474 e. The van der Waals surface area contributed by atoms with Gasteiger partial charge in [-0.05, 0) is 37.1 Å². The molecule has 3 aromatic rings. The van der Waals surface area contributed by atoms with E-state index in [1.165, 1.54) is 13.2 Å². The van der Waals surface area contributed by atoms with Crippen molar-refractivity contribution in [3.05, 3.63) is 35.9 Å². The van der Waals surface area contributed by atoms with Crippen LogP contribution in [0.4, 0.5) is 30.8 Å². The average molecular weight is 485 g/mol. The highest BCUT2D eigenvalue weighted by molar-refractivity contribution is 5.99. The number of nitrogen functional groups attached to an aromatic ring is 1. The van der Waals surface area contributed by atoms with Gasteiger partial charge in [-0.3, -0.25) is 9.80 Å². The normalized spacial score (nSPS) is 19.7. The number of amides is 1. The summed E-state index contributed by atoms with van der Waals surface area (Å²) in [7, 11) is 3.20. The largest absolute Gasteiger partial charge is 0.474 e. The number of nitrogens with two attached hydrogens (primary N) is 1. The van der Waals surface area contributed by atoms with Crippen molar-refractivity contribution in [3.8, 4) is 17.0 Å². The van der Waals surface area contributed by atoms with Crippen molar-refractivity contribution in [1.82, 2.24) is 14.9 Å². The number of aromatic nitrogens is 2.